The number of nitrogens with zero attached hydrogens (tertiary/aromatic N) is 2. The van der Waals surface area contributed by atoms with Gasteiger partial charge in [-0.15, -0.1) is 0 Å². The molecule has 0 saturated heterocycles. The molecule has 0 atom stereocenters. The van der Waals surface area contributed by atoms with Crippen molar-refractivity contribution in [1.29, 1.82) is 0 Å². The minimum atomic E-state index is -4.17. The van der Waals surface area contributed by atoms with Crippen molar-refractivity contribution < 1.29 is 22.7 Å². The number of rotatable bonds is 10. The number of halogens is 1. The first kappa shape index (κ1) is 29.3. The number of hydrogen-bond donors (Lipinski definition) is 2. The van der Waals surface area contributed by atoms with Gasteiger partial charge in [-0.2, -0.15) is 5.10 Å². The van der Waals surface area contributed by atoms with Crippen molar-refractivity contribution in [3.63, 3.8) is 0 Å². The molecule has 0 radical (unpaired) electrons. The van der Waals surface area contributed by atoms with E-state index in [4.69, 9.17) is 16.3 Å². The first-order chi connectivity index (χ1) is 19.7. The van der Waals surface area contributed by atoms with Crippen molar-refractivity contribution in [1.82, 2.24) is 5.43 Å². The zero-order chi connectivity index (χ0) is 29.4. The maximum Gasteiger partial charge on any atom is 0.264 e. The quantitative estimate of drug-likeness (QED) is 0.191. The van der Waals surface area contributed by atoms with Crippen LogP contribution in [0.3, 0.4) is 0 Å². The molecule has 2 N–H and O–H groups in total. The molecule has 0 saturated carbocycles. The number of hydrogen-bond acceptors (Lipinski definition) is 6. The van der Waals surface area contributed by atoms with Crippen LogP contribution in [0.1, 0.15) is 22.8 Å². The number of amides is 2. The van der Waals surface area contributed by atoms with Crippen LogP contribution in [0.15, 0.2) is 113 Å². The summed E-state index contributed by atoms with van der Waals surface area (Å²) in [6.45, 7) is 1.10. The number of carbonyl (C=O) groups is 2. The van der Waals surface area contributed by atoms with Crippen LogP contribution < -0.4 is 19.8 Å². The molecule has 4 aromatic carbocycles. The predicted molar refractivity (Wildman–Crippen MR) is 160 cm³/mol. The van der Waals surface area contributed by atoms with E-state index < -0.39 is 22.5 Å². The van der Waals surface area contributed by atoms with E-state index in [1.807, 2.05) is 6.07 Å². The van der Waals surface area contributed by atoms with Crippen molar-refractivity contribution in [2.75, 3.05) is 23.3 Å². The Morgan fingerprint density at radius 2 is 1.51 bits per heavy atom. The average molecular weight is 591 g/mol. The maximum absolute atomic E-state index is 13.6. The molecule has 0 unspecified atom stereocenters. The molecule has 0 aliphatic carbocycles. The van der Waals surface area contributed by atoms with E-state index >= 15 is 0 Å². The monoisotopic (exact) mass is 590 g/mol. The predicted octanol–water partition coefficient (Wildman–Crippen LogP) is 5.34. The van der Waals surface area contributed by atoms with Gasteiger partial charge in [-0.3, -0.25) is 13.9 Å². The molecule has 4 aromatic rings. The Balaban J connectivity index is 1.50. The van der Waals surface area contributed by atoms with Gasteiger partial charge in [0.25, 0.3) is 21.8 Å². The van der Waals surface area contributed by atoms with Crippen LogP contribution in [0.2, 0.25) is 5.02 Å². The SMILES string of the molecule is COc1ccc(Cl)cc1N(CC(=O)N/N=C(/C)c1ccc(NC(=O)c2ccccc2)cc1)S(=O)(=O)c1ccccc1. The number of hydrazone groups is 1. The lowest BCUT2D eigenvalue weighted by Crippen LogP contribution is -2.40. The highest BCUT2D eigenvalue weighted by molar-refractivity contribution is 7.92. The summed E-state index contributed by atoms with van der Waals surface area (Å²) in [7, 11) is -2.78. The smallest absolute Gasteiger partial charge is 0.264 e. The Hall–Kier alpha value is -4.67. The first-order valence-electron chi connectivity index (χ1n) is 12.4. The highest BCUT2D eigenvalue weighted by Crippen LogP contribution is 2.34. The van der Waals surface area contributed by atoms with Crippen molar-refractivity contribution in [3.8, 4) is 5.75 Å². The van der Waals surface area contributed by atoms with E-state index in [1.54, 1.807) is 79.7 Å². The van der Waals surface area contributed by atoms with Gasteiger partial charge in [-0.1, -0.05) is 60.1 Å². The lowest BCUT2D eigenvalue weighted by atomic mass is 10.1. The molecular formula is C30H27ClN4O5S. The van der Waals surface area contributed by atoms with Crippen LogP contribution >= 0.6 is 11.6 Å². The zero-order valence-corrected chi connectivity index (χ0v) is 23.8. The van der Waals surface area contributed by atoms with Gasteiger partial charge in [0.15, 0.2) is 0 Å². The summed E-state index contributed by atoms with van der Waals surface area (Å²) in [5, 5.41) is 7.24. The first-order valence-corrected chi connectivity index (χ1v) is 14.2. The minimum absolute atomic E-state index is 0.00560. The third-order valence-corrected chi connectivity index (χ3v) is 7.98. The van der Waals surface area contributed by atoms with Crippen molar-refractivity contribution in [2.45, 2.75) is 11.8 Å². The summed E-state index contributed by atoms with van der Waals surface area (Å²) >= 11 is 6.17. The highest BCUT2D eigenvalue weighted by atomic mass is 35.5. The van der Waals surface area contributed by atoms with E-state index in [1.165, 1.54) is 31.4 Å². The molecule has 41 heavy (non-hydrogen) atoms. The summed E-state index contributed by atoms with van der Waals surface area (Å²) in [6.07, 6.45) is 0. The Morgan fingerprint density at radius 3 is 2.15 bits per heavy atom. The third kappa shape index (κ3) is 7.30. The van der Waals surface area contributed by atoms with E-state index in [0.29, 0.717) is 22.5 Å². The lowest BCUT2D eigenvalue weighted by Gasteiger charge is -2.25. The van der Waals surface area contributed by atoms with Crippen molar-refractivity contribution in [3.05, 3.63) is 119 Å². The zero-order valence-electron chi connectivity index (χ0n) is 22.2. The Kier molecular flexibility index (Phi) is 9.38. The molecule has 0 spiro atoms. The van der Waals surface area contributed by atoms with E-state index in [2.05, 4.69) is 15.8 Å². The molecule has 0 aromatic heterocycles. The van der Waals surface area contributed by atoms with E-state index in [-0.39, 0.29) is 27.3 Å². The number of nitrogens with one attached hydrogen (secondary N) is 2. The van der Waals surface area contributed by atoms with Gasteiger partial charge < -0.3 is 10.1 Å². The molecule has 11 heteroatoms. The second-order valence-electron chi connectivity index (χ2n) is 8.77. The number of sulfonamides is 1. The fraction of sp³-hybridized carbons (Fsp3) is 0.100. The summed E-state index contributed by atoms with van der Waals surface area (Å²) in [5.41, 5.74) is 4.82. The second kappa shape index (κ2) is 13.1. The average Bonchev–Trinajstić information content (AvgIpc) is 2.99. The number of benzene rings is 4. The number of ether oxygens (including phenoxy) is 1. The Morgan fingerprint density at radius 1 is 0.878 bits per heavy atom. The molecule has 0 aliphatic rings. The van der Waals surface area contributed by atoms with Crippen LogP contribution in [0.5, 0.6) is 5.75 Å². The molecule has 0 fully saturated rings. The van der Waals surface area contributed by atoms with Gasteiger partial charge in [-0.05, 0) is 67.1 Å². The van der Waals surface area contributed by atoms with Gasteiger partial charge >= 0.3 is 0 Å². The fourth-order valence-corrected chi connectivity index (χ4v) is 5.45. The van der Waals surface area contributed by atoms with Gasteiger partial charge in [0.1, 0.15) is 12.3 Å². The highest BCUT2D eigenvalue weighted by Gasteiger charge is 2.29. The molecule has 4 rings (SSSR count). The van der Waals surface area contributed by atoms with Gasteiger partial charge in [-0.25, -0.2) is 13.8 Å². The van der Waals surface area contributed by atoms with Gasteiger partial charge in [0.2, 0.25) is 0 Å². The van der Waals surface area contributed by atoms with Crippen LogP contribution in [0.25, 0.3) is 0 Å². The largest absolute Gasteiger partial charge is 0.495 e. The van der Waals surface area contributed by atoms with Crippen LogP contribution in [0, 0.1) is 0 Å². The molecule has 9 nitrogen and oxygen atoms in total. The van der Waals surface area contributed by atoms with Crippen molar-refractivity contribution >= 4 is 50.5 Å². The third-order valence-electron chi connectivity index (χ3n) is 5.97. The topological polar surface area (TPSA) is 117 Å². The van der Waals surface area contributed by atoms with Gasteiger partial charge in [0.05, 0.1) is 23.4 Å². The van der Waals surface area contributed by atoms with Crippen LogP contribution in [0.4, 0.5) is 11.4 Å². The maximum atomic E-state index is 13.6. The normalized spacial score (nSPS) is 11.4. The Labute approximate surface area is 243 Å². The molecule has 0 heterocycles. The van der Waals surface area contributed by atoms with Crippen LogP contribution in [-0.4, -0.2) is 39.6 Å². The summed E-state index contributed by atoms with van der Waals surface area (Å²) in [6, 6.07) is 28.0. The molecule has 0 aliphatic heterocycles. The van der Waals surface area contributed by atoms with Crippen LogP contribution in [-0.2, 0) is 14.8 Å². The summed E-state index contributed by atoms with van der Waals surface area (Å²) in [5.74, 6) is -0.694. The number of anilines is 2. The standard InChI is InChI=1S/C30H27ClN4O5S/c1-21(22-13-16-25(17-14-22)32-30(37)23-9-5-3-6-10-23)33-34-29(36)20-35(27-19-24(31)15-18-28(27)40-2)41(38,39)26-11-7-4-8-12-26/h3-19H,20H2,1-2H3,(H,32,37)(H,34,36)/b33-21-. The van der Waals surface area contributed by atoms with Gasteiger partial charge in [0, 0.05) is 16.3 Å². The lowest BCUT2D eigenvalue weighted by molar-refractivity contribution is -0.119. The van der Waals surface area contributed by atoms with Crippen molar-refractivity contribution in [2.24, 2.45) is 5.10 Å². The molecule has 0 bridgehead atoms. The molecule has 2 amide bonds. The summed E-state index contributed by atoms with van der Waals surface area (Å²) < 4.78 is 33.5. The second-order valence-corrected chi connectivity index (χ2v) is 11.1. The Bertz CT molecular complexity index is 1660. The van der Waals surface area contributed by atoms with E-state index in [9.17, 15) is 18.0 Å². The molecular weight excluding hydrogens is 564 g/mol. The number of methoxy groups -OCH3 is 1. The summed E-state index contributed by atoms with van der Waals surface area (Å²) in [4.78, 5) is 25.4. The number of carbonyl (C=O) groups excluding carboxylic acids is 2. The van der Waals surface area contributed by atoms with E-state index in [0.717, 1.165) is 4.31 Å². The fourth-order valence-electron chi connectivity index (χ4n) is 3.84. The minimum Gasteiger partial charge on any atom is -0.495 e. The molecule has 210 valence electrons.